The highest BCUT2D eigenvalue weighted by molar-refractivity contribution is 7.15. The van der Waals surface area contributed by atoms with E-state index in [1.54, 1.807) is 17.4 Å². The van der Waals surface area contributed by atoms with Gasteiger partial charge in [0.15, 0.2) is 5.82 Å². The van der Waals surface area contributed by atoms with Crippen LogP contribution < -0.4 is 5.32 Å². The molecule has 6 nitrogen and oxygen atoms in total. The Hall–Kier alpha value is -3.36. The zero-order chi connectivity index (χ0) is 26.5. The van der Waals surface area contributed by atoms with E-state index < -0.39 is 0 Å². The first kappa shape index (κ1) is 23.5. The number of aromatic nitrogens is 3. The second-order valence-electron chi connectivity index (χ2n) is 11.1. The number of aryl methyl sites for hydroxylation is 2. The third-order valence-corrected chi connectivity index (χ3v) is 10.3. The molecule has 1 N–H and O–H groups in total. The molecule has 1 amide bonds. The van der Waals surface area contributed by atoms with Gasteiger partial charge in [-0.25, -0.2) is 4.39 Å². The molecular weight excluding hydrogens is 533 g/mol. The Bertz CT molecular complexity index is 1730. The topological polar surface area (TPSA) is 72.2 Å². The number of nitrogens with one attached hydrogen (secondary N) is 1. The predicted octanol–water partition coefficient (Wildman–Crippen LogP) is 5.79. The lowest BCUT2D eigenvalue weighted by Gasteiger charge is -2.18. The van der Waals surface area contributed by atoms with Crippen LogP contribution in [0, 0.1) is 18.7 Å². The van der Waals surface area contributed by atoms with Crippen molar-refractivity contribution in [3.8, 4) is 5.00 Å². The fourth-order valence-electron chi connectivity index (χ4n) is 6.55. The minimum absolute atomic E-state index is 0.0268. The van der Waals surface area contributed by atoms with Crippen LogP contribution >= 0.6 is 22.9 Å². The molecule has 4 aliphatic rings. The molecule has 39 heavy (non-hydrogen) atoms. The molecule has 0 bridgehead atoms. The zero-order valence-corrected chi connectivity index (χ0v) is 22.9. The molecule has 1 unspecified atom stereocenters. The van der Waals surface area contributed by atoms with Crippen molar-refractivity contribution in [2.75, 3.05) is 0 Å². The van der Waals surface area contributed by atoms with Crippen molar-refractivity contribution in [1.82, 2.24) is 20.1 Å². The standard InChI is InChI=1S/C30H25ClFN5OS/c1-15-35-36-29-30(10-11-30)34-26(19-4-2-3-5-22(19)31)25-21-12-17(13-24(21)39-28(25)37(15)29)27(38)33-23-9-7-16-6-8-18(32)14-20(16)23/h2-6,8,14,17,23H,7,9-13H2,1H3,(H,33,38)/t17-,23?/m0/s1. The molecule has 1 spiro atoms. The van der Waals surface area contributed by atoms with Crippen LogP contribution in [0.25, 0.3) is 5.00 Å². The van der Waals surface area contributed by atoms with Crippen molar-refractivity contribution >= 4 is 34.6 Å². The minimum Gasteiger partial charge on any atom is -0.349 e. The van der Waals surface area contributed by atoms with Crippen LogP contribution in [0.3, 0.4) is 0 Å². The normalized spacial score (nSPS) is 21.6. The summed E-state index contributed by atoms with van der Waals surface area (Å²) in [6, 6.07) is 12.6. The summed E-state index contributed by atoms with van der Waals surface area (Å²) < 4.78 is 16.1. The number of hydrogen-bond donors (Lipinski definition) is 1. The average molecular weight is 558 g/mol. The molecule has 1 fully saturated rings. The van der Waals surface area contributed by atoms with Crippen LogP contribution in [-0.2, 0) is 29.6 Å². The van der Waals surface area contributed by atoms with Crippen LogP contribution in [0.4, 0.5) is 4.39 Å². The summed E-state index contributed by atoms with van der Waals surface area (Å²) in [7, 11) is 0. The van der Waals surface area contributed by atoms with Crippen LogP contribution in [0.2, 0.25) is 5.02 Å². The fourth-order valence-corrected chi connectivity index (χ4v) is 8.23. The molecule has 196 valence electrons. The smallest absolute Gasteiger partial charge is 0.224 e. The Labute approximate surface area is 234 Å². The van der Waals surface area contributed by atoms with Crippen molar-refractivity contribution in [2.24, 2.45) is 10.9 Å². The Morgan fingerprint density at radius 3 is 2.85 bits per heavy atom. The third kappa shape index (κ3) is 3.50. The van der Waals surface area contributed by atoms with E-state index in [1.165, 1.54) is 16.5 Å². The van der Waals surface area contributed by atoms with Gasteiger partial charge in [-0.3, -0.25) is 14.4 Å². The van der Waals surface area contributed by atoms with E-state index in [-0.39, 0.29) is 29.2 Å². The van der Waals surface area contributed by atoms with Crippen LogP contribution in [0.1, 0.15) is 69.6 Å². The van der Waals surface area contributed by atoms with Gasteiger partial charge < -0.3 is 5.32 Å². The molecule has 8 rings (SSSR count). The first-order valence-electron chi connectivity index (χ1n) is 13.4. The van der Waals surface area contributed by atoms with E-state index in [1.807, 2.05) is 37.3 Å². The number of nitrogens with zero attached hydrogens (tertiary/aromatic N) is 4. The van der Waals surface area contributed by atoms with Crippen molar-refractivity contribution < 1.29 is 9.18 Å². The molecule has 4 aromatic rings. The maximum atomic E-state index is 13.9. The Morgan fingerprint density at radius 1 is 1.18 bits per heavy atom. The number of amides is 1. The van der Waals surface area contributed by atoms with Gasteiger partial charge in [-0.05, 0) is 80.3 Å². The summed E-state index contributed by atoms with van der Waals surface area (Å²) in [6.07, 6.45) is 4.79. The molecule has 1 aliphatic heterocycles. The van der Waals surface area contributed by atoms with Gasteiger partial charge in [0.25, 0.3) is 0 Å². The number of benzene rings is 2. The molecule has 3 aliphatic carbocycles. The SMILES string of the molecule is Cc1nnc2n1-c1sc3c(c1C(c1ccccc1Cl)=NC21CC1)C[C@H](C(=O)NC1CCc2ccc(F)cc21)C3. The number of carbonyl (C=O) groups excluding carboxylic acids is 1. The zero-order valence-electron chi connectivity index (χ0n) is 21.3. The quantitative estimate of drug-likeness (QED) is 0.347. The summed E-state index contributed by atoms with van der Waals surface area (Å²) in [6.45, 7) is 1.99. The van der Waals surface area contributed by atoms with Gasteiger partial charge >= 0.3 is 0 Å². The van der Waals surface area contributed by atoms with Crippen molar-refractivity contribution in [1.29, 1.82) is 0 Å². The lowest BCUT2D eigenvalue weighted by molar-refractivity contribution is -0.125. The summed E-state index contributed by atoms with van der Waals surface area (Å²) >= 11 is 8.46. The first-order chi connectivity index (χ1) is 18.9. The second-order valence-corrected chi connectivity index (χ2v) is 12.6. The number of hydrogen-bond acceptors (Lipinski definition) is 5. The van der Waals surface area contributed by atoms with E-state index in [4.69, 9.17) is 16.6 Å². The highest BCUT2D eigenvalue weighted by atomic mass is 35.5. The van der Waals surface area contributed by atoms with E-state index in [0.29, 0.717) is 17.9 Å². The Kier molecular flexibility index (Phi) is 5.02. The molecule has 1 saturated carbocycles. The van der Waals surface area contributed by atoms with Gasteiger partial charge in [0.2, 0.25) is 5.91 Å². The summed E-state index contributed by atoms with van der Waals surface area (Å²) in [4.78, 5) is 20.1. The fraction of sp³-hybridized carbons (Fsp3) is 0.333. The molecule has 2 atom stereocenters. The minimum atomic E-state index is -0.387. The number of aliphatic imine (C=N–C) groups is 1. The monoisotopic (exact) mass is 557 g/mol. The van der Waals surface area contributed by atoms with E-state index in [9.17, 15) is 9.18 Å². The molecule has 2 aromatic carbocycles. The largest absolute Gasteiger partial charge is 0.349 e. The Morgan fingerprint density at radius 2 is 2.03 bits per heavy atom. The molecule has 3 heterocycles. The number of rotatable bonds is 3. The van der Waals surface area contributed by atoms with Crippen LogP contribution in [0.15, 0.2) is 47.5 Å². The number of fused-ring (bicyclic) bond motifs is 7. The lowest BCUT2D eigenvalue weighted by atomic mass is 9.97. The van der Waals surface area contributed by atoms with Gasteiger partial charge in [-0.15, -0.1) is 21.5 Å². The van der Waals surface area contributed by atoms with Gasteiger partial charge in [-0.1, -0.05) is 35.9 Å². The maximum absolute atomic E-state index is 13.9. The molecule has 2 aromatic heterocycles. The van der Waals surface area contributed by atoms with Gasteiger partial charge in [0.1, 0.15) is 22.2 Å². The summed E-state index contributed by atoms with van der Waals surface area (Å²) in [5.74, 6) is 1.32. The highest BCUT2D eigenvalue weighted by Gasteiger charge is 2.52. The number of thiophene rings is 1. The average Bonchev–Trinajstić information content (AvgIpc) is 3.20. The van der Waals surface area contributed by atoms with Gasteiger partial charge in [0.05, 0.1) is 11.8 Å². The number of halogens is 2. The Balaban J connectivity index is 1.18. The second kappa shape index (κ2) is 8.32. The highest BCUT2D eigenvalue weighted by Crippen LogP contribution is 2.54. The first-order valence-corrected chi connectivity index (χ1v) is 14.6. The molecule has 0 saturated heterocycles. The third-order valence-electron chi connectivity index (χ3n) is 8.69. The van der Waals surface area contributed by atoms with E-state index in [2.05, 4.69) is 20.1 Å². The van der Waals surface area contributed by atoms with E-state index >= 15 is 0 Å². The maximum Gasteiger partial charge on any atom is 0.224 e. The molecule has 9 heteroatoms. The van der Waals surface area contributed by atoms with Crippen LogP contribution in [0.5, 0.6) is 0 Å². The van der Waals surface area contributed by atoms with Gasteiger partial charge in [-0.2, -0.15) is 0 Å². The van der Waals surface area contributed by atoms with Crippen molar-refractivity contribution in [3.05, 3.63) is 97.6 Å². The molecular formula is C30H25ClFN5OS. The van der Waals surface area contributed by atoms with Crippen molar-refractivity contribution in [3.63, 3.8) is 0 Å². The number of carbonyl (C=O) groups is 1. The summed E-state index contributed by atoms with van der Waals surface area (Å²) in [5.41, 5.74) is 5.65. The van der Waals surface area contributed by atoms with E-state index in [0.717, 1.165) is 70.3 Å². The van der Waals surface area contributed by atoms with Gasteiger partial charge in [0, 0.05) is 26.9 Å². The molecule has 0 radical (unpaired) electrons. The van der Waals surface area contributed by atoms with Crippen molar-refractivity contribution in [2.45, 2.75) is 57.0 Å². The van der Waals surface area contributed by atoms with Crippen LogP contribution in [-0.4, -0.2) is 26.4 Å². The summed E-state index contributed by atoms with van der Waals surface area (Å²) in [5, 5.41) is 14.0. The lowest BCUT2D eigenvalue weighted by Crippen LogP contribution is -2.33. The predicted molar refractivity (Wildman–Crippen MR) is 148 cm³/mol.